The van der Waals surface area contributed by atoms with Crippen molar-refractivity contribution in [2.24, 2.45) is 0 Å². The molecule has 9 heteroatoms. The largest absolute Gasteiger partial charge is 0.494 e. The van der Waals surface area contributed by atoms with Crippen LogP contribution in [0.1, 0.15) is 12.5 Å². The van der Waals surface area contributed by atoms with E-state index in [1.54, 1.807) is 6.92 Å². The Morgan fingerprint density at radius 2 is 2.00 bits per heavy atom. The molecule has 0 aromatic carbocycles. The van der Waals surface area contributed by atoms with Gasteiger partial charge in [0.15, 0.2) is 0 Å². The molecule has 0 saturated heterocycles. The number of hydrogen-bond donors (Lipinski definition) is 3. The van der Waals surface area contributed by atoms with Gasteiger partial charge in [-0.1, -0.05) is 6.92 Å². The van der Waals surface area contributed by atoms with Crippen LogP contribution in [-0.4, -0.2) is 35.9 Å². The lowest BCUT2D eigenvalue weighted by atomic mass is 10.2. The topological polar surface area (TPSA) is 121 Å². The van der Waals surface area contributed by atoms with E-state index >= 15 is 0 Å². The number of hydrogen-bond acceptors (Lipinski definition) is 5. The van der Waals surface area contributed by atoms with Crippen molar-refractivity contribution >= 4 is 10.0 Å². The van der Waals surface area contributed by atoms with Crippen LogP contribution < -0.4 is 16.0 Å². The van der Waals surface area contributed by atoms with E-state index in [-0.39, 0.29) is 25.1 Å². The summed E-state index contributed by atoms with van der Waals surface area (Å²) in [6, 6.07) is 0. The molecule has 0 atom stereocenters. The smallest absolute Gasteiger partial charge is 0.331 e. The molecule has 0 saturated carbocycles. The molecule has 0 aliphatic rings. The first kappa shape index (κ1) is 14.5. The lowest BCUT2D eigenvalue weighted by Crippen LogP contribution is -2.35. The molecule has 0 fully saturated rings. The monoisotopic (exact) mass is 277 g/mol. The molecule has 1 aromatic rings. The summed E-state index contributed by atoms with van der Waals surface area (Å²) in [5, 5.41) is 9.75. The maximum Gasteiger partial charge on any atom is 0.331 e. The fraction of sp³-hybridized carbons (Fsp3) is 0.556. The van der Waals surface area contributed by atoms with Crippen LogP contribution in [0.4, 0.5) is 0 Å². The van der Waals surface area contributed by atoms with E-state index in [9.17, 15) is 23.1 Å². The first-order valence-electron chi connectivity index (χ1n) is 5.26. The molecular formula is C9H15N3O5S. The Bertz CT molecular complexity index is 643. The van der Waals surface area contributed by atoms with Crippen LogP contribution in [0.25, 0.3) is 0 Å². The summed E-state index contributed by atoms with van der Waals surface area (Å²) in [7, 11) is -3.36. The van der Waals surface area contributed by atoms with E-state index < -0.39 is 27.2 Å². The molecule has 102 valence electrons. The minimum Gasteiger partial charge on any atom is -0.494 e. The molecule has 0 aliphatic heterocycles. The lowest BCUT2D eigenvalue weighted by molar-refractivity contribution is 0.393. The molecule has 1 heterocycles. The molecule has 8 nitrogen and oxygen atoms in total. The van der Waals surface area contributed by atoms with Gasteiger partial charge >= 0.3 is 5.69 Å². The van der Waals surface area contributed by atoms with E-state index in [1.165, 1.54) is 0 Å². The second kappa shape index (κ2) is 5.36. The molecule has 0 unspecified atom stereocenters. The maximum atomic E-state index is 11.5. The third-order valence-electron chi connectivity index (χ3n) is 2.32. The van der Waals surface area contributed by atoms with Crippen molar-refractivity contribution in [2.45, 2.75) is 19.9 Å². The Hall–Kier alpha value is -1.61. The van der Waals surface area contributed by atoms with Gasteiger partial charge in [0.2, 0.25) is 15.9 Å². The quantitative estimate of drug-likeness (QED) is 0.595. The van der Waals surface area contributed by atoms with Gasteiger partial charge in [0.25, 0.3) is 5.56 Å². The molecule has 18 heavy (non-hydrogen) atoms. The SMILES string of the molecule is CCc1c(O)n(CCNS(C)(=O)=O)c(=O)[nH]c1=O. The summed E-state index contributed by atoms with van der Waals surface area (Å²) in [5.74, 6) is -0.429. The van der Waals surface area contributed by atoms with Crippen molar-refractivity contribution in [2.75, 3.05) is 12.8 Å². The second-order valence-electron chi connectivity index (χ2n) is 3.73. The highest BCUT2D eigenvalue weighted by Gasteiger charge is 2.12. The molecule has 0 amide bonds. The lowest BCUT2D eigenvalue weighted by Gasteiger charge is -2.10. The van der Waals surface area contributed by atoms with Crippen molar-refractivity contribution in [3.8, 4) is 5.88 Å². The Morgan fingerprint density at radius 1 is 1.39 bits per heavy atom. The fourth-order valence-electron chi connectivity index (χ4n) is 1.47. The Labute approximate surface area is 103 Å². The molecular weight excluding hydrogens is 262 g/mol. The summed E-state index contributed by atoms with van der Waals surface area (Å²) in [5.41, 5.74) is -1.31. The number of nitrogens with zero attached hydrogens (tertiary/aromatic N) is 1. The van der Waals surface area contributed by atoms with Crippen molar-refractivity contribution < 1.29 is 13.5 Å². The van der Waals surface area contributed by atoms with Crippen LogP contribution in [0.5, 0.6) is 5.88 Å². The normalized spacial score (nSPS) is 11.7. The molecule has 0 bridgehead atoms. The fourth-order valence-corrected chi connectivity index (χ4v) is 1.93. The van der Waals surface area contributed by atoms with Crippen LogP contribution >= 0.6 is 0 Å². The van der Waals surface area contributed by atoms with Crippen molar-refractivity contribution in [3.63, 3.8) is 0 Å². The summed E-state index contributed by atoms with van der Waals surface area (Å²) in [6.07, 6.45) is 1.25. The van der Waals surface area contributed by atoms with E-state index in [2.05, 4.69) is 9.71 Å². The van der Waals surface area contributed by atoms with Gasteiger partial charge in [-0.05, 0) is 6.42 Å². The van der Waals surface area contributed by atoms with Gasteiger partial charge in [0, 0.05) is 13.1 Å². The Morgan fingerprint density at radius 3 is 2.50 bits per heavy atom. The number of aromatic amines is 1. The predicted octanol–water partition coefficient (Wildman–Crippen LogP) is -1.65. The van der Waals surface area contributed by atoms with E-state index in [4.69, 9.17) is 0 Å². The number of H-pyrrole nitrogens is 1. The molecule has 0 aliphatic carbocycles. The van der Waals surface area contributed by atoms with Crippen molar-refractivity contribution in [3.05, 3.63) is 26.4 Å². The van der Waals surface area contributed by atoms with Gasteiger partial charge in [-0.2, -0.15) is 0 Å². The molecule has 3 N–H and O–H groups in total. The van der Waals surface area contributed by atoms with Gasteiger partial charge < -0.3 is 5.11 Å². The number of aromatic nitrogens is 2. The summed E-state index contributed by atoms with van der Waals surface area (Å²) < 4.78 is 24.8. The number of sulfonamides is 1. The summed E-state index contributed by atoms with van der Waals surface area (Å²) in [6.45, 7) is 1.54. The van der Waals surface area contributed by atoms with Crippen LogP contribution in [-0.2, 0) is 23.0 Å². The third kappa shape index (κ3) is 3.44. The zero-order valence-electron chi connectivity index (χ0n) is 10.1. The van der Waals surface area contributed by atoms with Crippen molar-refractivity contribution in [1.82, 2.24) is 14.3 Å². The number of nitrogens with one attached hydrogen (secondary N) is 2. The minimum atomic E-state index is -3.36. The summed E-state index contributed by atoms with van der Waals surface area (Å²) in [4.78, 5) is 24.9. The van der Waals surface area contributed by atoms with Gasteiger partial charge in [-0.15, -0.1) is 0 Å². The first-order chi connectivity index (χ1) is 8.26. The standard InChI is InChI=1S/C9H15N3O5S/c1-3-6-7(13)11-9(15)12(8(6)14)5-4-10-18(2,16)17/h10,14H,3-5H2,1-2H3,(H,11,13,15). The van der Waals surface area contributed by atoms with Gasteiger partial charge in [-0.25, -0.2) is 17.9 Å². The van der Waals surface area contributed by atoms with Crippen LogP contribution in [0.3, 0.4) is 0 Å². The highest BCUT2D eigenvalue weighted by Crippen LogP contribution is 2.09. The first-order valence-corrected chi connectivity index (χ1v) is 7.15. The van der Waals surface area contributed by atoms with Crippen molar-refractivity contribution in [1.29, 1.82) is 0 Å². The van der Waals surface area contributed by atoms with Gasteiger partial charge in [0.1, 0.15) is 0 Å². The second-order valence-corrected chi connectivity index (χ2v) is 5.57. The zero-order valence-corrected chi connectivity index (χ0v) is 10.9. The van der Waals surface area contributed by atoms with E-state index in [1.807, 2.05) is 0 Å². The predicted molar refractivity (Wildman–Crippen MR) is 65.2 cm³/mol. The van der Waals surface area contributed by atoms with E-state index in [0.717, 1.165) is 10.8 Å². The van der Waals surface area contributed by atoms with Gasteiger partial charge in [-0.3, -0.25) is 14.3 Å². The maximum absolute atomic E-state index is 11.5. The van der Waals surface area contributed by atoms with E-state index in [0.29, 0.717) is 0 Å². The third-order valence-corrected chi connectivity index (χ3v) is 3.05. The minimum absolute atomic E-state index is 0.0541. The Balaban J connectivity index is 3.03. The van der Waals surface area contributed by atoms with Crippen LogP contribution in [0.15, 0.2) is 9.59 Å². The molecule has 0 radical (unpaired) electrons. The number of rotatable bonds is 5. The number of aromatic hydroxyl groups is 1. The average molecular weight is 277 g/mol. The van der Waals surface area contributed by atoms with Crippen LogP contribution in [0.2, 0.25) is 0 Å². The highest BCUT2D eigenvalue weighted by atomic mass is 32.2. The summed E-state index contributed by atoms with van der Waals surface area (Å²) >= 11 is 0. The average Bonchev–Trinajstić information content (AvgIpc) is 2.21. The van der Waals surface area contributed by atoms with Gasteiger partial charge in [0.05, 0.1) is 11.8 Å². The molecule has 1 rings (SSSR count). The molecule has 1 aromatic heterocycles. The zero-order chi connectivity index (χ0) is 13.9. The molecule has 0 spiro atoms. The highest BCUT2D eigenvalue weighted by molar-refractivity contribution is 7.88. The Kier molecular flexibility index (Phi) is 4.30. The van der Waals surface area contributed by atoms with Crippen LogP contribution in [0, 0.1) is 0 Å².